The zero-order valence-corrected chi connectivity index (χ0v) is 14.0. The van der Waals surface area contributed by atoms with E-state index in [1.54, 1.807) is 34.6 Å². The fourth-order valence-corrected chi connectivity index (χ4v) is 2.35. The quantitative estimate of drug-likeness (QED) is 0.773. The Morgan fingerprint density at radius 3 is 2.43 bits per heavy atom. The standard InChI is InChI=1S/C15H24N2O3S/c1-10(17-13(19)14(2,3)4)12(18)16-9-15(5,20)11-6-7-21-8-11/h6-8,10,20H,9H2,1-5H3,(H,16,18)(H,17,19). The van der Waals surface area contributed by atoms with Crippen LogP contribution in [0, 0.1) is 5.41 Å². The van der Waals surface area contributed by atoms with Gasteiger partial charge in [-0.15, -0.1) is 0 Å². The van der Waals surface area contributed by atoms with Crippen LogP contribution in [0.25, 0.3) is 0 Å². The van der Waals surface area contributed by atoms with Gasteiger partial charge in [-0.25, -0.2) is 0 Å². The molecule has 2 unspecified atom stereocenters. The lowest BCUT2D eigenvalue weighted by molar-refractivity contribution is -0.133. The van der Waals surface area contributed by atoms with Crippen molar-refractivity contribution in [1.82, 2.24) is 10.6 Å². The van der Waals surface area contributed by atoms with Gasteiger partial charge in [-0.05, 0) is 36.2 Å². The van der Waals surface area contributed by atoms with E-state index in [1.807, 2.05) is 16.8 Å². The summed E-state index contributed by atoms with van der Waals surface area (Å²) in [5, 5.41) is 19.4. The summed E-state index contributed by atoms with van der Waals surface area (Å²) in [6.07, 6.45) is 0. The number of hydrogen-bond donors (Lipinski definition) is 3. The minimum Gasteiger partial charge on any atom is -0.384 e. The van der Waals surface area contributed by atoms with Gasteiger partial charge in [0.15, 0.2) is 0 Å². The maximum Gasteiger partial charge on any atom is 0.242 e. The lowest BCUT2D eigenvalue weighted by Crippen LogP contribution is -2.50. The van der Waals surface area contributed by atoms with Gasteiger partial charge in [0, 0.05) is 5.41 Å². The van der Waals surface area contributed by atoms with Crippen LogP contribution in [-0.2, 0) is 15.2 Å². The second-order valence-corrected chi connectivity index (χ2v) is 7.23. The Hall–Kier alpha value is -1.40. The van der Waals surface area contributed by atoms with Crippen LogP contribution in [0.4, 0.5) is 0 Å². The van der Waals surface area contributed by atoms with Crippen molar-refractivity contribution in [3.8, 4) is 0 Å². The van der Waals surface area contributed by atoms with Crippen LogP contribution in [0.3, 0.4) is 0 Å². The van der Waals surface area contributed by atoms with Crippen molar-refractivity contribution in [3.63, 3.8) is 0 Å². The van der Waals surface area contributed by atoms with Gasteiger partial charge >= 0.3 is 0 Å². The molecule has 1 aromatic rings. The molecule has 0 saturated heterocycles. The molecule has 0 bridgehead atoms. The highest BCUT2D eigenvalue weighted by Gasteiger charge is 2.27. The van der Waals surface area contributed by atoms with Gasteiger partial charge in [0.1, 0.15) is 11.6 Å². The van der Waals surface area contributed by atoms with Gasteiger partial charge < -0.3 is 15.7 Å². The van der Waals surface area contributed by atoms with Crippen LogP contribution in [0.2, 0.25) is 0 Å². The zero-order valence-electron chi connectivity index (χ0n) is 13.2. The van der Waals surface area contributed by atoms with Crippen LogP contribution < -0.4 is 10.6 Å². The van der Waals surface area contributed by atoms with Crippen molar-refractivity contribution >= 4 is 23.2 Å². The molecule has 0 aliphatic heterocycles. The third kappa shape index (κ3) is 5.13. The van der Waals surface area contributed by atoms with Crippen molar-refractivity contribution in [2.24, 2.45) is 5.41 Å². The fraction of sp³-hybridized carbons (Fsp3) is 0.600. The summed E-state index contributed by atoms with van der Waals surface area (Å²) in [6, 6.07) is 1.18. The second kappa shape index (κ2) is 6.58. The Balaban J connectivity index is 2.52. The SMILES string of the molecule is CC(NC(=O)C(C)(C)C)C(=O)NCC(C)(O)c1ccsc1. The molecule has 21 heavy (non-hydrogen) atoms. The number of carbonyl (C=O) groups excluding carboxylic acids is 2. The molecule has 0 fully saturated rings. The third-order valence-corrected chi connectivity index (χ3v) is 3.86. The van der Waals surface area contributed by atoms with Crippen molar-refractivity contribution in [1.29, 1.82) is 0 Å². The second-order valence-electron chi connectivity index (χ2n) is 6.45. The molecular formula is C15H24N2O3S. The number of nitrogens with one attached hydrogen (secondary N) is 2. The molecule has 0 saturated carbocycles. The maximum atomic E-state index is 12.0. The third-order valence-electron chi connectivity index (χ3n) is 3.17. The first-order chi connectivity index (χ1) is 9.54. The number of thiophene rings is 1. The molecule has 1 heterocycles. The van der Waals surface area contributed by atoms with E-state index < -0.39 is 17.1 Å². The minimum absolute atomic E-state index is 0.0955. The number of hydrogen-bond acceptors (Lipinski definition) is 4. The van der Waals surface area contributed by atoms with E-state index in [0.717, 1.165) is 5.56 Å². The largest absolute Gasteiger partial charge is 0.384 e. The van der Waals surface area contributed by atoms with E-state index in [9.17, 15) is 14.7 Å². The van der Waals surface area contributed by atoms with E-state index in [-0.39, 0.29) is 18.4 Å². The fourth-order valence-electron chi connectivity index (χ4n) is 1.56. The van der Waals surface area contributed by atoms with Crippen molar-refractivity contribution < 1.29 is 14.7 Å². The number of aliphatic hydroxyl groups is 1. The monoisotopic (exact) mass is 312 g/mol. The smallest absolute Gasteiger partial charge is 0.242 e. The average Bonchev–Trinajstić information content (AvgIpc) is 2.89. The molecule has 1 aromatic heterocycles. The number of rotatable bonds is 5. The Morgan fingerprint density at radius 2 is 1.95 bits per heavy atom. The van der Waals surface area contributed by atoms with E-state index in [2.05, 4.69) is 10.6 Å². The van der Waals surface area contributed by atoms with E-state index in [0.29, 0.717) is 0 Å². The summed E-state index contributed by atoms with van der Waals surface area (Å²) in [4.78, 5) is 23.8. The van der Waals surface area contributed by atoms with Gasteiger partial charge in [0.25, 0.3) is 0 Å². The molecule has 6 heteroatoms. The molecule has 0 aliphatic rings. The van der Waals surface area contributed by atoms with Gasteiger partial charge in [0.05, 0.1) is 6.54 Å². The molecule has 1 rings (SSSR count). The van der Waals surface area contributed by atoms with E-state index in [4.69, 9.17) is 0 Å². The molecule has 0 aliphatic carbocycles. The number of amides is 2. The van der Waals surface area contributed by atoms with Crippen LogP contribution in [0.5, 0.6) is 0 Å². The van der Waals surface area contributed by atoms with Crippen LogP contribution >= 0.6 is 11.3 Å². The summed E-state index contributed by atoms with van der Waals surface area (Å²) in [7, 11) is 0. The summed E-state index contributed by atoms with van der Waals surface area (Å²) in [6.45, 7) is 8.72. The predicted molar refractivity (Wildman–Crippen MR) is 84.0 cm³/mol. The first kappa shape index (κ1) is 17.7. The molecule has 2 amide bonds. The molecule has 0 radical (unpaired) electrons. The van der Waals surface area contributed by atoms with E-state index in [1.165, 1.54) is 11.3 Å². The first-order valence-electron chi connectivity index (χ1n) is 6.88. The molecule has 0 spiro atoms. The summed E-state index contributed by atoms with van der Waals surface area (Å²) in [5.74, 6) is -0.502. The lowest BCUT2D eigenvalue weighted by atomic mass is 9.95. The Labute approximate surface area is 129 Å². The molecule has 5 nitrogen and oxygen atoms in total. The highest BCUT2D eigenvalue weighted by Crippen LogP contribution is 2.22. The van der Waals surface area contributed by atoms with Crippen LogP contribution in [0.1, 0.15) is 40.2 Å². The maximum absolute atomic E-state index is 12.0. The summed E-state index contributed by atoms with van der Waals surface area (Å²) >= 11 is 1.49. The lowest BCUT2D eigenvalue weighted by Gasteiger charge is -2.25. The normalized spacial score (nSPS) is 15.9. The van der Waals surface area contributed by atoms with Crippen LogP contribution in [-0.4, -0.2) is 29.5 Å². The minimum atomic E-state index is -1.12. The van der Waals surface area contributed by atoms with Crippen molar-refractivity contribution in [3.05, 3.63) is 22.4 Å². The molecule has 118 valence electrons. The summed E-state index contributed by atoms with van der Waals surface area (Å²) < 4.78 is 0. The van der Waals surface area contributed by atoms with Crippen molar-refractivity contribution in [2.45, 2.75) is 46.3 Å². The molecule has 0 aromatic carbocycles. The molecule has 3 N–H and O–H groups in total. The van der Waals surface area contributed by atoms with Gasteiger partial charge in [-0.1, -0.05) is 20.8 Å². The Kier molecular flexibility index (Phi) is 5.53. The highest BCUT2D eigenvalue weighted by atomic mass is 32.1. The Bertz CT molecular complexity index is 490. The summed E-state index contributed by atoms with van der Waals surface area (Å²) in [5.41, 5.74) is -0.903. The van der Waals surface area contributed by atoms with Gasteiger partial charge in [0.2, 0.25) is 11.8 Å². The number of carbonyl (C=O) groups is 2. The predicted octanol–water partition coefficient (Wildman–Crippen LogP) is 1.62. The molecular weight excluding hydrogens is 288 g/mol. The van der Waals surface area contributed by atoms with Crippen LogP contribution in [0.15, 0.2) is 16.8 Å². The Morgan fingerprint density at radius 1 is 1.33 bits per heavy atom. The average molecular weight is 312 g/mol. The van der Waals surface area contributed by atoms with E-state index >= 15 is 0 Å². The molecule has 2 atom stereocenters. The van der Waals surface area contributed by atoms with Crippen molar-refractivity contribution in [2.75, 3.05) is 6.54 Å². The highest BCUT2D eigenvalue weighted by molar-refractivity contribution is 7.08. The van der Waals surface area contributed by atoms with Gasteiger partial charge in [-0.2, -0.15) is 11.3 Å². The van der Waals surface area contributed by atoms with Gasteiger partial charge in [-0.3, -0.25) is 9.59 Å². The zero-order chi connectivity index (χ0) is 16.3. The topological polar surface area (TPSA) is 78.4 Å². The first-order valence-corrected chi connectivity index (χ1v) is 7.82.